The summed E-state index contributed by atoms with van der Waals surface area (Å²) in [6, 6.07) is 7.97. The van der Waals surface area contributed by atoms with Crippen molar-refractivity contribution < 1.29 is 9.50 Å². The molecule has 1 aliphatic rings. The molecule has 1 aliphatic carbocycles. The van der Waals surface area contributed by atoms with Gasteiger partial charge in [0.25, 0.3) is 0 Å². The van der Waals surface area contributed by atoms with Crippen molar-refractivity contribution in [3.63, 3.8) is 0 Å². The summed E-state index contributed by atoms with van der Waals surface area (Å²) in [4.78, 5) is 0. The van der Waals surface area contributed by atoms with E-state index in [9.17, 15) is 4.39 Å². The van der Waals surface area contributed by atoms with Gasteiger partial charge in [0.05, 0.1) is 11.5 Å². The fraction of sp³-hybridized carbons (Fsp3) is 0.417. The van der Waals surface area contributed by atoms with Crippen LogP contribution in [0.15, 0.2) is 18.2 Å². The van der Waals surface area contributed by atoms with E-state index in [1.807, 2.05) is 25.1 Å². The second-order valence-corrected chi connectivity index (χ2v) is 4.38. The molecule has 92 valence electrons. The standard InChI is InChI=1S/C11H11ClN2.CH3FO/c1-7-2-3-8(4-9(7)12)11(6-13)5-10(11)14;2-1-3/h2-4,10H,5,14H2,1H3;3H,1H2/t10-,11+;/m1./s1. The van der Waals surface area contributed by atoms with Gasteiger partial charge in [0.2, 0.25) is 0 Å². The molecule has 0 aliphatic heterocycles. The Kier molecular flexibility index (Phi) is 4.47. The van der Waals surface area contributed by atoms with Gasteiger partial charge < -0.3 is 10.8 Å². The molecule has 1 saturated carbocycles. The molecule has 1 aromatic rings. The van der Waals surface area contributed by atoms with Gasteiger partial charge in [-0.2, -0.15) is 5.26 Å². The molecule has 2 rings (SSSR count). The van der Waals surface area contributed by atoms with Gasteiger partial charge in [0, 0.05) is 11.1 Å². The van der Waals surface area contributed by atoms with Crippen LogP contribution < -0.4 is 5.73 Å². The Morgan fingerprint density at radius 2 is 2.24 bits per heavy atom. The monoisotopic (exact) mass is 256 g/mol. The largest absolute Gasteiger partial charge is 0.366 e. The maximum atomic E-state index is 9.85. The summed E-state index contributed by atoms with van der Waals surface area (Å²) in [5, 5.41) is 16.7. The summed E-state index contributed by atoms with van der Waals surface area (Å²) in [5.74, 6) is 0. The average molecular weight is 257 g/mol. The first-order valence-electron chi connectivity index (χ1n) is 5.12. The van der Waals surface area contributed by atoms with E-state index in [2.05, 4.69) is 6.07 Å². The summed E-state index contributed by atoms with van der Waals surface area (Å²) >= 11 is 6.00. The number of benzene rings is 1. The molecule has 2 atom stereocenters. The molecule has 0 bridgehead atoms. The molecular formula is C12H14ClFN2O. The second kappa shape index (κ2) is 5.46. The van der Waals surface area contributed by atoms with Crippen LogP contribution in [-0.4, -0.2) is 18.0 Å². The molecule has 0 aromatic heterocycles. The molecule has 17 heavy (non-hydrogen) atoms. The molecule has 3 nitrogen and oxygen atoms in total. The molecule has 1 fully saturated rings. The lowest BCUT2D eigenvalue weighted by Crippen LogP contribution is -2.16. The van der Waals surface area contributed by atoms with Crippen LogP contribution in [0.3, 0.4) is 0 Å². The number of hydrogen-bond acceptors (Lipinski definition) is 3. The predicted octanol–water partition coefficient (Wildman–Crippen LogP) is 2.05. The molecule has 0 heterocycles. The predicted molar refractivity (Wildman–Crippen MR) is 64.3 cm³/mol. The number of nitrogens with two attached hydrogens (primary N) is 1. The van der Waals surface area contributed by atoms with Crippen LogP contribution in [0.5, 0.6) is 0 Å². The number of halogens is 2. The van der Waals surface area contributed by atoms with Gasteiger partial charge in [0.1, 0.15) is 0 Å². The fourth-order valence-corrected chi connectivity index (χ4v) is 1.86. The van der Waals surface area contributed by atoms with E-state index >= 15 is 0 Å². The fourth-order valence-electron chi connectivity index (χ4n) is 1.68. The van der Waals surface area contributed by atoms with Crippen LogP contribution in [0, 0.1) is 18.3 Å². The van der Waals surface area contributed by atoms with Crippen LogP contribution in [0.4, 0.5) is 4.39 Å². The molecule has 1 aromatic carbocycles. The zero-order chi connectivity index (χ0) is 13.1. The summed E-state index contributed by atoms with van der Waals surface area (Å²) < 4.78 is 9.85. The highest BCUT2D eigenvalue weighted by molar-refractivity contribution is 6.31. The van der Waals surface area contributed by atoms with Gasteiger partial charge in [-0.1, -0.05) is 23.7 Å². The Bertz CT molecular complexity index is 447. The van der Waals surface area contributed by atoms with Crippen molar-refractivity contribution in [1.82, 2.24) is 0 Å². The van der Waals surface area contributed by atoms with Crippen LogP contribution in [-0.2, 0) is 5.41 Å². The van der Waals surface area contributed by atoms with Crippen molar-refractivity contribution in [3.05, 3.63) is 34.3 Å². The molecule has 0 spiro atoms. The number of aryl methyl sites for hydroxylation is 1. The summed E-state index contributed by atoms with van der Waals surface area (Å²) in [7, 11) is 0. The van der Waals surface area contributed by atoms with Crippen LogP contribution in [0.25, 0.3) is 0 Å². The van der Waals surface area contributed by atoms with Crippen molar-refractivity contribution in [1.29, 1.82) is 5.26 Å². The minimum atomic E-state index is -1.25. The summed E-state index contributed by atoms with van der Waals surface area (Å²) in [6.07, 6.45) is 0.739. The maximum absolute atomic E-state index is 9.85. The van der Waals surface area contributed by atoms with E-state index in [1.165, 1.54) is 0 Å². The third-order valence-corrected chi connectivity index (χ3v) is 3.31. The smallest absolute Gasteiger partial charge is 0.185 e. The SMILES string of the molecule is Cc1ccc([C@@]2(C#N)C[C@H]2N)cc1Cl.OCF. The lowest BCUT2D eigenvalue weighted by Gasteiger charge is -2.08. The number of rotatable bonds is 1. The molecule has 0 radical (unpaired) electrons. The topological polar surface area (TPSA) is 70.0 Å². The number of alkyl halides is 1. The Balaban J connectivity index is 0.000000437. The number of aliphatic hydroxyl groups excluding tert-OH is 1. The number of nitrogens with zero attached hydrogens (tertiary/aromatic N) is 1. The quantitative estimate of drug-likeness (QED) is 0.808. The Morgan fingerprint density at radius 3 is 2.59 bits per heavy atom. The Morgan fingerprint density at radius 1 is 1.71 bits per heavy atom. The van der Waals surface area contributed by atoms with E-state index in [-0.39, 0.29) is 6.04 Å². The number of hydrogen-bond donors (Lipinski definition) is 2. The first-order valence-corrected chi connectivity index (χ1v) is 5.50. The van der Waals surface area contributed by atoms with Crippen molar-refractivity contribution >= 4 is 11.6 Å². The van der Waals surface area contributed by atoms with Gasteiger partial charge >= 0.3 is 0 Å². The van der Waals surface area contributed by atoms with Crippen molar-refractivity contribution in [2.24, 2.45) is 5.73 Å². The minimum Gasteiger partial charge on any atom is -0.366 e. The van der Waals surface area contributed by atoms with E-state index in [0.717, 1.165) is 17.5 Å². The minimum absolute atomic E-state index is 0.0359. The molecular weight excluding hydrogens is 243 g/mol. The first-order chi connectivity index (χ1) is 8.01. The molecule has 5 heteroatoms. The van der Waals surface area contributed by atoms with Crippen LogP contribution in [0.2, 0.25) is 5.02 Å². The number of nitriles is 1. The number of aliphatic hydroxyl groups is 1. The van der Waals surface area contributed by atoms with E-state index in [1.54, 1.807) is 0 Å². The molecule has 3 N–H and O–H groups in total. The van der Waals surface area contributed by atoms with Crippen LogP contribution >= 0.6 is 11.6 Å². The van der Waals surface area contributed by atoms with Crippen LogP contribution in [0.1, 0.15) is 17.5 Å². The summed E-state index contributed by atoms with van der Waals surface area (Å²) in [6.45, 7) is 0.692. The van der Waals surface area contributed by atoms with Crippen molar-refractivity contribution in [2.45, 2.75) is 24.8 Å². The molecule has 0 unspecified atom stereocenters. The average Bonchev–Trinajstić information content (AvgIpc) is 2.96. The van der Waals surface area contributed by atoms with Crippen molar-refractivity contribution in [3.8, 4) is 6.07 Å². The molecule has 0 saturated heterocycles. The van der Waals surface area contributed by atoms with Gasteiger partial charge in [-0.3, -0.25) is 0 Å². The highest BCUT2D eigenvalue weighted by Crippen LogP contribution is 2.47. The van der Waals surface area contributed by atoms with Gasteiger partial charge in [-0.05, 0) is 30.5 Å². The van der Waals surface area contributed by atoms with E-state index in [0.29, 0.717) is 5.02 Å². The third kappa shape index (κ3) is 2.75. The van der Waals surface area contributed by atoms with Gasteiger partial charge in [-0.25, -0.2) is 4.39 Å². The zero-order valence-electron chi connectivity index (χ0n) is 9.45. The van der Waals surface area contributed by atoms with Gasteiger partial charge in [-0.15, -0.1) is 0 Å². The Hall–Kier alpha value is -1.15. The highest BCUT2D eigenvalue weighted by Gasteiger charge is 2.54. The van der Waals surface area contributed by atoms with Gasteiger partial charge in [0.15, 0.2) is 6.86 Å². The highest BCUT2D eigenvalue weighted by atomic mass is 35.5. The van der Waals surface area contributed by atoms with E-state index < -0.39 is 12.3 Å². The maximum Gasteiger partial charge on any atom is 0.185 e. The lowest BCUT2D eigenvalue weighted by atomic mass is 9.96. The van der Waals surface area contributed by atoms with E-state index in [4.69, 9.17) is 27.7 Å². The lowest BCUT2D eigenvalue weighted by molar-refractivity contribution is 0.168. The zero-order valence-corrected chi connectivity index (χ0v) is 10.2. The van der Waals surface area contributed by atoms with Crippen molar-refractivity contribution in [2.75, 3.05) is 6.86 Å². The third-order valence-electron chi connectivity index (χ3n) is 2.90. The summed E-state index contributed by atoms with van der Waals surface area (Å²) in [5.41, 5.74) is 7.26. The second-order valence-electron chi connectivity index (χ2n) is 3.98. The normalized spacial score (nSPS) is 25.5. The Labute approximate surface area is 105 Å². The molecule has 0 amide bonds. The first kappa shape index (κ1) is 13.9.